The van der Waals surface area contributed by atoms with E-state index in [2.05, 4.69) is 0 Å². The minimum absolute atomic E-state index is 0.0556. The fourth-order valence-corrected chi connectivity index (χ4v) is 2.85. The van der Waals surface area contributed by atoms with Crippen molar-refractivity contribution in [2.75, 3.05) is 0 Å². The Morgan fingerprint density at radius 3 is 1.23 bits per heavy atom. The highest BCUT2D eigenvalue weighted by Crippen LogP contribution is 2.24. The second kappa shape index (κ2) is 12.3. The van der Waals surface area contributed by atoms with Crippen LogP contribution in [0, 0.1) is 0 Å². The van der Waals surface area contributed by atoms with Gasteiger partial charge in [0, 0.05) is 25.7 Å². The third-order valence-electron chi connectivity index (χ3n) is 4.26. The first kappa shape index (κ1) is 21.9. The van der Waals surface area contributed by atoms with Crippen LogP contribution in [0.5, 0.6) is 0 Å². The van der Waals surface area contributed by atoms with Crippen molar-refractivity contribution in [2.45, 2.75) is 89.3 Å². The molecule has 26 heavy (non-hydrogen) atoms. The molecule has 8 heteroatoms. The van der Waals surface area contributed by atoms with E-state index in [4.69, 9.17) is 19.7 Å². The molecule has 0 aromatic heterocycles. The Balaban J connectivity index is 2.10. The minimum atomic E-state index is -0.867. The predicted molar refractivity (Wildman–Crippen MR) is 90.4 cm³/mol. The summed E-state index contributed by atoms with van der Waals surface area (Å²) in [5.74, 6) is -2.36. The molecule has 1 aliphatic rings. The van der Waals surface area contributed by atoms with E-state index < -0.39 is 11.9 Å². The molecular formula is C18H28O8. The van der Waals surface area contributed by atoms with Gasteiger partial charge in [-0.15, -0.1) is 0 Å². The largest absolute Gasteiger partial charge is 0.481 e. The number of carboxylic acid groups (broad SMARTS) is 2. The number of carboxylic acids is 2. The van der Waals surface area contributed by atoms with E-state index >= 15 is 0 Å². The molecule has 1 aliphatic carbocycles. The first-order chi connectivity index (χ1) is 12.4. The highest BCUT2D eigenvalue weighted by Gasteiger charge is 2.26. The molecule has 0 aliphatic heterocycles. The van der Waals surface area contributed by atoms with E-state index in [0.29, 0.717) is 51.4 Å². The fraction of sp³-hybridized carbons (Fsp3) is 0.778. The van der Waals surface area contributed by atoms with Gasteiger partial charge >= 0.3 is 23.9 Å². The van der Waals surface area contributed by atoms with Crippen molar-refractivity contribution in [1.29, 1.82) is 0 Å². The summed E-state index contributed by atoms with van der Waals surface area (Å²) in [7, 11) is 0. The van der Waals surface area contributed by atoms with Crippen LogP contribution in [0.3, 0.4) is 0 Å². The van der Waals surface area contributed by atoms with E-state index in [1.165, 1.54) is 0 Å². The van der Waals surface area contributed by atoms with Crippen LogP contribution in [0.4, 0.5) is 0 Å². The molecule has 2 N–H and O–H groups in total. The van der Waals surface area contributed by atoms with Gasteiger partial charge in [-0.3, -0.25) is 19.2 Å². The molecule has 0 radical (unpaired) electrons. The lowest BCUT2D eigenvalue weighted by Gasteiger charge is -2.28. The monoisotopic (exact) mass is 372 g/mol. The molecule has 0 atom stereocenters. The van der Waals surface area contributed by atoms with Crippen LogP contribution in [0.2, 0.25) is 0 Å². The number of unbranched alkanes of at least 4 members (excludes halogenated alkanes) is 2. The summed E-state index contributed by atoms with van der Waals surface area (Å²) >= 11 is 0. The third kappa shape index (κ3) is 10.7. The summed E-state index contributed by atoms with van der Waals surface area (Å²) in [4.78, 5) is 44.2. The number of ether oxygens (including phenoxy) is 2. The molecule has 0 heterocycles. The summed E-state index contributed by atoms with van der Waals surface area (Å²) in [6, 6.07) is 0. The lowest BCUT2D eigenvalue weighted by atomic mass is 9.95. The molecule has 1 fully saturated rings. The van der Waals surface area contributed by atoms with Gasteiger partial charge in [0.1, 0.15) is 12.2 Å². The SMILES string of the molecule is O=C(O)CCCCC(=O)OC1CCC(OC(=O)CCCCC(=O)O)CC1. The Kier molecular flexibility index (Phi) is 10.3. The van der Waals surface area contributed by atoms with Crippen molar-refractivity contribution >= 4 is 23.9 Å². The van der Waals surface area contributed by atoms with Gasteiger partial charge in [0.15, 0.2) is 0 Å². The molecule has 1 saturated carbocycles. The highest BCUT2D eigenvalue weighted by atomic mass is 16.6. The van der Waals surface area contributed by atoms with Gasteiger partial charge in [-0.05, 0) is 51.4 Å². The van der Waals surface area contributed by atoms with E-state index in [9.17, 15) is 19.2 Å². The summed E-state index contributed by atoms with van der Waals surface area (Å²) in [5.41, 5.74) is 0. The number of aliphatic carboxylic acids is 2. The Hall–Kier alpha value is -2.12. The van der Waals surface area contributed by atoms with Crippen LogP contribution in [0.25, 0.3) is 0 Å². The van der Waals surface area contributed by atoms with Crippen LogP contribution in [-0.4, -0.2) is 46.3 Å². The second-order valence-corrected chi connectivity index (χ2v) is 6.58. The Labute approximate surface area is 152 Å². The van der Waals surface area contributed by atoms with Gasteiger partial charge in [-0.1, -0.05) is 0 Å². The van der Waals surface area contributed by atoms with Crippen molar-refractivity contribution in [3.05, 3.63) is 0 Å². The van der Waals surface area contributed by atoms with Crippen molar-refractivity contribution in [2.24, 2.45) is 0 Å². The lowest BCUT2D eigenvalue weighted by Crippen LogP contribution is -2.29. The van der Waals surface area contributed by atoms with Crippen LogP contribution in [0.1, 0.15) is 77.0 Å². The molecule has 0 unspecified atom stereocenters. The molecule has 1 rings (SSSR count). The number of esters is 2. The van der Waals surface area contributed by atoms with Gasteiger partial charge in [0.05, 0.1) is 0 Å². The standard InChI is InChI=1S/C18H28O8/c19-15(20)5-1-3-7-17(23)25-13-9-11-14(12-10-13)26-18(24)8-4-2-6-16(21)22/h13-14H,1-12H2,(H,19,20)(H,21,22). The van der Waals surface area contributed by atoms with Crippen LogP contribution < -0.4 is 0 Å². The van der Waals surface area contributed by atoms with Gasteiger partial charge in [0.25, 0.3) is 0 Å². The number of hydrogen-bond donors (Lipinski definition) is 2. The summed E-state index contributed by atoms with van der Waals surface area (Å²) in [5, 5.41) is 17.1. The molecule has 0 aromatic carbocycles. The van der Waals surface area contributed by atoms with Crippen LogP contribution in [0.15, 0.2) is 0 Å². The smallest absolute Gasteiger partial charge is 0.306 e. The fourth-order valence-electron chi connectivity index (χ4n) is 2.85. The van der Waals surface area contributed by atoms with Crippen LogP contribution in [-0.2, 0) is 28.7 Å². The zero-order valence-corrected chi connectivity index (χ0v) is 15.0. The molecule has 0 saturated heterocycles. The first-order valence-corrected chi connectivity index (χ1v) is 9.19. The van der Waals surface area contributed by atoms with Crippen molar-refractivity contribution in [3.8, 4) is 0 Å². The average Bonchev–Trinajstić information content (AvgIpc) is 2.57. The topological polar surface area (TPSA) is 127 Å². The molecular weight excluding hydrogens is 344 g/mol. The summed E-state index contributed by atoms with van der Waals surface area (Å²) in [6.45, 7) is 0. The zero-order chi connectivity index (χ0) is 19.4. The average molecular weight is 372 g/mol. The molecule has 0 bridgehead atoms. The molecule has 8 nitrogen and oxygen atoms in total. The summed E-state index contributed by atoms with van der Waals surface area (Å²) in [6.07, 6.45) is 4.67. The first-order valence-electron chi connectivity index (χ1n) is 9.19. The van der Waals surface area contributed by atoms with Crippen molar-refractivity contribution in [1.82, 2.24) is 0 Å². The minimum Gasteiger partial charge on any atom is -0.481 e. The van der Waals surface area contributed by atoms with Gasteiger partial charge in [0.2, 0.25) is 0 Å². The van der Waals surface area contributed by atoms with E-state index in [1.807, 2.05) is 0 Å². The maximum absolute atomic E-state index is 11.7. The second-order valence-electron chi connectivity index (χ2n) is 6.58. The number of hydrogen-bond acceptors (Lipinski definition) is 6. The number of rotatable bonds is 12. The third-order valence-corrected chi connectivity index (χ3v) is 4.26. The molecule has 0 amide bonds. The van der Waals surface area contributed by atoms with Gasteiger partial charge in [-0.25, -0.2) is 0 Å². The van der Waals surface area contributed by atoms with E-state index in [1.54, 1.807) is 0 Å². The van der Waals surface area contributed by atoms with Crippen LogP contribution >= 0.6 is 0 Å². The maximum Gasteiger partial charge on any atom is 0.306 e. The van der Waals surface area contributed by atoms with Crippen molar-refractivity contribution in [3.63, 3.8) is 0 Å². The predicted octanol–water partition coefficient (Wildman–Crippen LogP) is 2.67. The van der Waals surface area contributed by atoms with E-state index in [-0.39, 0.29) is 49.8 Å². The normalized spacial score (nSPS) is 19.5. The van der Waals surface area contributed by atoms with Gasteiger partial charge in [-0.2, -0.15) is 0 Å². The number of carbonyl (C=O) groups excluding carboxylic acids is 2. The zero-order valence-electron chi connectivity index (χ0n) is 15.0. The molecule has 148 valence electrons. The lowest BCUT2D eigenvalue weighted by molar-refractivity contribution is -0.158. The maximum atomic E-state index is 11.7. The Morgan fingerprint density at radius 1 is 0.615 bits per heavy atom. The van der Waals surface area contributed by atoms with Gasteiger partial charge < -0.3 is 19.7 Å². The Bertz CT molecular complexity index is 436. The molecule has 0 spiro atoms. The molecule has 0 aromatic rings. The quantitative estimate of drug-likeness (QED) is 0.395. The number of carbonyl (C=O) groups is 4. The highest BCUT2D eigenvalue weighted by molar-refractivity contribution is 5.70. The van der Waals surface area contributed by atoms with Crippen molar-refractivity contribution < 1.29 is 38.9 Å². The Morgan fingerprint density at radius 2 is 0.923 bits per heavy atom. The van der Waals surface area contributed by atoms with E-state index in [0.717, 1.165) is 0 Å². The summed E-state index contributed by atoms with van der Waals surface area (Å²) < 4.78 is 10.7.